The number of fused-ring (bicyclic) bond motifs is 1. The average Bonchev–Trinajstić information content (AvgIpc) is 3.04. The van der Waals surface area contributed by atoms with Crippen LogP contribution in [0.15, 0.2) is 82.6 Å². The van der Waals surface area contributed by atoms with Crippen LogP contribution < -0.4 is 14.2 Å². The van der Waals surface area contributed by atoms with Crippen molar-refractivity contribution in [3.8, 4) is 11.5 Å². The van der Waals surface area contributed by atoms with Gasteiger partial charge in [-0.15, -0.1) is 0 Å². The van der Waals surface area contributed by atoms with Crippen molar-refractivity contribution in [2.24, 2.45) is 5.92 Å². The first-order valence-electron chi connectivity index (χ1n) is 13.7. The minimum absolute atomic E-state index is 0.0147. The molecule has 11 nitrogen and oxygen atoms in total. The van der Waals surface area contributed by atoms with Crippen molar-refractivity contribution in [3.63, 3.8) is 0 Å². The van der Waals surface area contributed by atoms with Gasteiger partial charge in [0.15, 0.2) is 0 Å². The Bertz CT molecular complexity index is 1630. The van der Waals surface area contributed by atoms with Crippen molar-refractivity contribution in [3.05, 3.63) is 78.4 Å². The molecule has 3 atom stereocenters. The van der Waals surface area contributed by atoms with E-state index in [2.05, 4.69) is 4.72 Å². The van der Waals surface area contributed by atoms with Crippen LogP contribution in [0.25, 0.3) is 0 Å². The van der Waals surface area contributed by atoms with Gasteiger partial charge in [-0.2, -0.15) is 4.31 Å². The summed E-state index contributed by atoms with van der Waals surface area (Å²) >= 11 is 0. The lowest BCUT2D eigenvalue weighted by Gasteiger charge is -2.33. The number of rotatable bonds is 10. The lowest BCUT2D eigenvalue weighted by Crippen LogP contribution is -2.48. The Morgan fingerprint density at radius 1 is 1.05 bits per heavy atom. The van der Waals surface area contributed by atoms with Crippen molar-refractivity contribution in [1.82, 2.24) is 9.21 Å². The Kier molecular flexibility index (Phi) is 10.0. The number of aliphatic hydroxyl groups is 1. The molecule has 0 spiro atoms. The lowest BCUT2D eigenvalue weighted by atomic mass is 10.0. The topological polar surface area (TPSA) is 143 Å². The normalized spacial score (nSPS) is 18.6. The smallest absolute Gasteiger partial charge is 0.261 e. The number of hydrogen-bond donors (Lipinski definition) is 2. The van der Waals surface area contributed by atoms with Crippen LogP contribution in [0.5, 0.6) is 11.5 Å². The minimum atomic E-state index is -3.96. The van der Waals surface area contributed by atoms with Crippen LogP contribution in [0, 0.1) is 5.92 Å². The number of aliphatic hydroxyl groups excluding tert-OH is 1. The molecule has 13 heteroatoms. The zero-order valence-corrected chi connectivity index (χ0v) is 26.1. The van der Waals surface area contributed by atoms with Gasteiger partial charge in [-0.05, 0) is 61.5 Å². The molecule has 0 unspecified atom stereocenters. The molecule has 1 heterocycles. The number of carbonyl (C=O) groups is 1. The molecule has 1 amide bonds. The number of ether oxygens (including phenoxy) is 2. The second-order valence-corrected chi connectivity index (χ2v) is 14.3. The summed E-state index contributed by atoms with van der Waals surface area (Å²) in [5.41, 5.74) is 0.642. The maximum atomic E-state index is 13.5. The molecule has 232 valence electrons. The molecule has 0 fully saturated rings. The van der Waals surface area contributed by atoms with E-state index in [9.17, 15) is 26.7 Å². The Hall–Kier alpha value is -3.65. The lowest BCUT2D eigenvalue weighted by molar-refractivity contribution is -0.134. The van der Waals surface area contributed by atoms with E-state index >= 15 is 0 Å². The second-order valence-electron chi connectivity index (χ2n) is 10.6. The molecule has 2 N–H and O–H groups in total. The first kappa shape index (κ1) is 32.3. The summed E-state index contributed by atoms with van der Waals surface area (Å²) in [6.07, 6.45) is -0.793. The van der Waals surface area contributed by atoms with Gasteiger partial charge in [0.2, 0.25) is 15.9 Å². The molecule has 0 bridgehead atoms. The summed E-state index contributed by atoms with van der Waals surface area (Å²) in [7, 11) is -4.82. The van der Waals surface area contributed by atoms with Crippen LogP contribution in [0.2, 0.25) is 0 Å². The first-order valence-corrected chi connectivity index (χ1v) is 16.7. The summed E-state index contributed by atoms with van der Waals surface area (Å²) in [5, 5.41) is 9.88. The Morgan fingerprint density at radius 3 is 2.35 bits per heavy atom. The molecule has 0 saturated carbocycles. The molecule has 0 aliphatic carbocycles. The Morgan fingerprint density at radius 2 is 1.72 bits per heavy atom. The predicted octanol–water partition coefficient (Wildman–Crippen LogP) is 2.97. The molecule has 1 aliphatic rings. The van der Waals surface area contributed by atoms with Crippen molar-refractivity contribution in [2.45, 2.75) is 42.2 Å². The van der Waals surface area contributed by atoms with Gasteiger partial charge in [0.05, 0.1) is 42.5 Å². The predicted molar refractivity (Wildman–Crippen MR) is 162 cm³/mol. The summed E-state index contributed by atoms with van der Waals surface area (Å²) in [5.74, 6) is 0.242. The van der Waals surface area contributed by atoms with E-state index in [0.717, 1.165) is 0 Å². The summed E-state index contributed by atoms with van der Waals surface area (Å²) < 4.78 is 68.0. The maximum Gasteiger partial charge on any atom is 0.261 e. The Balaban J connectivity index is 1.67. The first-order chi connectivity index (χ1) is 20.3. The molecular formula is C30H37N3O8S2. The van der Waals surface area contributed by atoms with E-state index in [1.54, 1.807) is 48.2 Å². The van der Waals surface area contributed by atoms with Crippen molar-refractivity contribution < 1.29 is 36.2 Å². The highest BCUT2D eigenvalue weighted by molar-refractivity contribution is 7.92. The summed E-state index contributed by atoms with van der Waals surface area (Å²) in [6, 6.07) is 18.1. The molecule has 0 aromatic heterocycles. The van der Waals surface area contributed by atoms with E-state index in [0.29, 0.717) is 17.1 Å². The van der Waals surface area contributed by atoms with Crippen LogP contribution in [-0.2, 0) is 31.3 Å². The van der Waals surface area contributed by atoms with E-state index in [4.69, 9.17) is 9.47 Å². The van der Waals surface area contributed by atoms with Gasteiger partial charge in [-0.25, -0.2) is 16.8 Å². The molecular weight excluding hydrogens is 594 g/mol. The zero-order valence-electron chi connectivity index (χ0n) is 24.5. The van der Waals surface area contributed by atoms with Crippen LogP contribution in [-0.4, -0.2) is 83.1 Å². The third-order valence-corrected chi connectivity index (χ3v) is 10.7. The summed E-state index contributed by atoms with van der Waals surface area (Å²) in [4.78, 5) is 15.2. The third kappa shape index (κ3) is 7.47. The van der Waals surface area contributed by atoms with Crippen LogP contribution in [0.1, 0.15) is 19.4 Å². The highest BCUT2D eigenvalue weighted by atomic mass is 32.2. The quantitative estimate of drug-likeness (QED) is 0.348. The number of carbonyl (C=O) groups excluding carboxylic acids is 1. The summed E-state index contributed by atoms with van der Waals surface area (Å²) in [6.45, 7) is 3.53. The van der Waals surface area contributed by atoms with E-state index < -0.39 is 32.2 Å². The second kappa shape index (κ2) is 13.3. The van der Waals surface area contributed by atoms with Gasteiger partial charge in [0.1, 0.15) is 17.6 Å². The molecule has 4 rings (SSSR count). The number of likely N-dealkylation sites (N-methyl/N-ethyl adjacent to an activating group) is 1. The molecule has 0 radical (unpaired) electrons. The van der Waals surface area contributed by atoms with Crippen molar-refractivity contribution in [1.29, 1.82) is 0 Å². The number of anilines is 1. The molecule has 3 aromatic carbocycles. The molecule has 0 saturated heterocycles. The van der Waals surface area contributed by atoms with Gasteiger partial charge in [-0.1, -0.05) is 25.1 Å². The highest BCUT2D eigenvalue weighted by Crippen LogP contribution is 2.31. The fourth-order valence-corrected chi connectivity index (χ4v) is 7.06. The Labute approximate surface area is 253 Å². The number of hydrogen-bond acceptors (Lipinski definition) is 8. The van der Waals surface area contributed by atoms with E-state index in [1.165, 1.54) is 54.9 Å². The number of methoxy groups -OCH3 is 1. The molecule has 1 aliphatic heterocycles. The number of nitrogens with one attached hydrogen (secondary N) is 1. The van der Waals surface area contributed by atoms with Crippen LogP contribution >= 0.6 is 0 Å². The number of sulfonamides is 2. The average molecular weight is 632 g/mol. The van der Waals surface area contributed by atoms with Gasteiger partial charge in [0.25, 0.3) is 10.0 Å². The van der Waals surface area contributed by atoms with E-state index in [1.807, 2.05) is 6.92 Å². The standard InChI is InChI=1S/C30H37N3O8S2/c1-21-18-33(22(2)20-34)30(35)17-23-16-24(31-42(36,37)26-13-11-25(40-4)12-14-26)10-15-28(23)41-29(21)19-32(3)43(38,39)27-8-6-5-7-9-27/h5-16,21-22,29,31,34H,17-20H2,1-4H3/t21-,22+,29-/m1/s1. The fourth-order valence-electron chi connectivity index (χ4n) is 4.80. The largest absolute Gasteiger partial charge is 0.497 e. The number of amides is 1. The monoisotopic (exact) mass is 631 g/mol. The third-order valence-electron chi connectivity index (χ3n) is 7.43. The van der Waals surface area contributed by atoms with Crippen molar-refractivity contribution in [2.75, 3.05) is 38.6 Å². The minimum Gasteiger partial charge on any atom is -0.497 e. The van der Waals surface area contributed by atoms with Crippen LogP contribution in [0.3, 0.4) is 0 Å². The maximum absolute atomic E-state index is 13.5. The molecule has 43 heavy (non-hydrogen) atoms. The SMILES string of the molecule is COc1ccc(S(=O)(=O)Nc2ccc3c(c2)CC(=O)N([C@@H](C)CO)C[C@@H](C)[C@@H](CN(C)S(=O)(=O)c2ccccc2)O3)cc1. The fraction of sp³-hybridized carbons (Fsp3) is 0.367. The number of benzene rings is 3. The van der Waals surface area contributed by atoms with E-state index in [-0.39, 0.29) is 53.4 Å². The molecule has 3 aromatic rings. The van der Waals surface area contributed by atoms with Crippen LogP contribution in [0.4, 0.5) is 5.69 Å². The van der Waals surface area contributed by atoms with Gasteiger partial charge in [-0.3, -0.25) is 9.52 Å². The van der Waals surface area contributed by atoms with Gasteiger partial charge in [0, 0.05) is 30.8 Å². The number of nitrogens with zero attached hydrogens (tertiary/aromatic N) is 2. The van der Waals surface area contributed by atoms with Gasteiger partial charge < -0.3 is 19.5 Å². The van der Waals surface area contributed by atoms with Gasteiger partial charge >= 0.3 is 0 Å². The highest BCUT2D eigenvalue weighted by Gasteiger charge is 2.33. The zero-order chi connectivity index (χ0) is 31.4. The van der Waals surface area contributed by atoms with Crippen molar-refractivity contribution >= 4 is 31.6 Å².